The summed E-state index contributed by atoms with van der Waals surface area (Å²) in [6, 6.07) is 7.80. The zero-order valence-electron chi connectivity index (χ0n) is 12.9. The Morgan fingerprint density at radius 2 is 2.19 bits per heavy atom. The van der Waals surface area contributed by atoms with Crippen molar-refractivity contribution in [3.8, 4) is 17.6 Å². The molecular weight excluding hydrogens is 266 g/mol. The van der Waals surface area contributed by atoms with Crippen LogP contribution in [0.1, 0.15) is 44.3 Å². The maximum absolute atomic E-state index is 10.9. The zero-order valence-corrected chi connectivity index (χ0v) is 12.9. The summed E-state index contributed by atoms with van der Waals surface area (Å²) in [6.45, 7) is 2.14. The maximum Gasteiger partial charge on any atom is 0.166 e. The molecule has 0 saturated heterocycles. The van der Waals surface area contributed by atoms with Crippen LogP contribution in [0.3, 0.4) is 0 Å². The van der Waals surface area contributed by atoms with E-state index in [-0.39, 0.29) is 0 Å². The highest BCUT2D eigenvalue weighted by Crippen LogP contribution is 2.52. The average Bonchev–Trinajstić information content (AvgIpc) is 2.98. The van der Waals surface area contributed by atoms with E-state index < -0.39 is 11.5 Å². The summed E-state index contributed by atoms with van der Waals surface area (Å²) in [5, 5.41) is 20.5. The first-order valence-corrected chi connectivity index (χ1v) is 7.42. The third kappa shape index (κ3) is 2.71. The Labute approximate surface area is 126 Å². The van der Waals surface area contributed by atoms with E-state index in [1.165, 1.54) is 0 Å². The van der Waals surface area contributed by atoms with Crippen LogP contribution in [0.5, 0.6) is 11.5 Å². The highest BCUT2D eigenvalue weighted by Gasteiger charge is 2.46. The molecular formula is C17H23NO3. The molecule has 1 aliphatic carbocycles. The molecule has 0 bridgehead atoms. The molecule has 2 rings (SSSR count). The second-order valence-corrected chi connectivity index (χ2v) is 5.77. The van der Waals surface area contributed by atoms with Crippen molar-refractivity contribution in [2.45, 2.75) is 38.7 Å². The summed E-state index contributed by atoms with van der Waals surface area (Å²) in [6.07, 6.45) is 2.65. The van der Waals surface area contributed by atoms with Crippen molar-refractivity contribution in [3.63, 3.8) is 0 Å². The van der Waals surface area contributed by atoms with Gasteiger partial charge in [0, 0.05) is 5.56 Å². The van der Waals surface area contributed by atoms with Gasteiger partial charge in [0.1, 0.15) is 6.10 Å². The SMILES string of the molecule is CCC1CCC(C#N)(C(O)c2cccc(OC)c2OC)C1. The number of aliphatic hydroxyl groups excluding tert-OH is 1. The number of hydrogen-bond acceptors (Lipinski definition) is 4. The molecule has 1 saturated carbocycles. The Balaban J connectivity index is 2.40. The third-order valence-electron chi connectivity index (χ3n) is 4.70. The number of para-hydroxylation sites is 1. The van der Waals surface area contributed by atoms with Crippen LogP contribution >= 0.6 is 0 Å². The molecule has 21 heavy (non-hydrogen) atoms. The van der Waals surface area contributed by atoms with Gasteiger partial charge in [-0.25, -0.2) is 0 Å². The van der Waals surface area contributed by atoms with E-state index in [0.717, 1.165) is 25.7 Å². The number of hydrogen-bond donors (Lipinski definition) is 1. The predicted molar refractivity (Wildman–Crippen MR) is 80.2 cm³/mol. The summed E-state index contributed by atoms with van der Waals surface area (Å²) in [5.74, 6) is 1.60. The molecule has 0 aromatic heterocycles. The van der Waals surface area contributed by atoms with Crippen LogP contribution in [0.2, 0.25) is 0 Å². The minimum atomic E-state index is -0.857. The fourth-order valence-corrected chi connectivity index (χ4v) is 3.37. The van der Waals surface area contributed by atoms with Gasteiger partial charge in [0.15, 0.2) is 11.5 Å². The van der Waals surface area contributed by atoms with Crippen LogP contribution in [0.25, 0.3) is 0 Å². The van der Waals surface area contributed by atoms with Gasteiger partial charge in [-0.15, -0.1) is 0 Å². The molecule has 4 nitrogen and oxygen atoms in total. The number of ether oxygens (including phenoxy) is 2. The Morgan fingerprint density at radius 1 is 1.43 bits per heavy atom. The van der Waals surface area contributed by atoms with Crippen LogP contribution in [0.4, 0.5) is 0 Å². The van der Waals surface area contributed by atoms with E-state index >= 15 is 0 Å². The minimum Gasteiger partial charge on any atom is -0.493 e. The van der Waals surface area contributed by atoms with Crippen molar-refractivity contribution in [3.05, 3.63) is 23.8 Å². The van der Waals surface area contributed by atoms with Crippen LogP contribution in [0.15, 0.2) is 18.2 Å². The molecule has 1 fully saturated rings. The van der Waals surface area contributed by atoms with Crippen LogP contribution < -0.4 is 9.47 Å². The van der Waals surface area contributed by atoms with Crippen molar-refractivity contribution in [2.75, 3.05) is 14.2 Å². The first-order chi connectivity index (χ1) is 10.1. The molecule has 114 valence electrons. The van der Waals surface area contributed by atoms with E-state index in [1.807, 2.05) is 12.1 Å². The molecule has 0 amide bonds. The molecule has 0 heterocycles. The summed E-state index contributed by atoms with van der Waals surface area (Å²) < 4.78 is 10.7. The Hall–Kier alpha value is -1.73. The minimum absolute atomic E-state index is 0.510. The Kier molecular flexibility index (Phi) is 4.74. The quantitative estimate of drug-likeness (QED) is 0.901. The third-order valence-corrected chi connectivity index (χ3v) is 4.70. The molecule has 0 radical (unpaired) electrons. The van der Waals surface area contributed by atoms with Crippen molar-refractivity contribution in [1.29, 1.82) is 5.26 Å². The summed E-state index contributed by atoms with van der Waals surface area (Å²) >= 11 is 0. The maximum atomic E-state index is 10.9. The van der Waals surface area contributed by atoms with Gasteiger partial charge in [-0.2, -0.15) is 5.26 Å². The van der Waals surface area contributed by atoms with E-state index in [2.05, 4.69) is 13.0 Å². The molecule has 1 aromatic carbocycles. The number of aliphatic hydroxyl groups is 1. The smallest absolute Gasteiger partial charge is 0.166 e. The number of nitrogens with zero attached hydrogens (tertiary/aromatic N) is 1. The van der Waals surface area contributed by atoms with Gasteiger partial charge in [0.05, 0.1) is 25.7 Å². The van der Waals surface area contributed by atoms with Crippen molar-refractivity contribution >= 4 is 0 Å². The molecule has 0 aliphatic heterocycles. The number of rotatable bonds is 5. The van der Waals surface area contributed by atoms with Gasteiger partial charge in [0.25, 0.3) is 0 Å². The van der Waals surface area contributed by atoms with E-state index in [1.54, 1.807) is 20.3 Å². The molecule has 1 N–H and O–H groups in total. The van der Waals surface area contributed by atoms with Crippen LogP contribution in [-0.2, 0) is 0 Å². The Bertz CT molecular complexity index is 537. The van der Waals surface area contributed by atoms with Gasteiger partial charge in [0.2, 0.25) is 0 Å². The second-order valence-electron chi connectivity index (χ2n) is 5.77. The monoisotopic (exact) mass is 289 g/mol. The van der Waals surface area contributed by atoms with E-state index in [9.17, 15) is 10.4 Å². The summed E-state index contributed by atoms with van der Waals surface area (Å²) in [7, 11) is 3.12. The Morgan fingerprint density at radius 3 is 2.71 bits per heavy atom. The topological polar surface area (TPSA) is 62.5 Å². The molecule has 0 spiro atoms. The molecule has 3 atom stereocenters. The van der Waals surface area contributed by atoms with E-state index in [4.69, 9.17) is 9.47 Å². The van der Waals surface area contributed by atoms with Gasteiger partial charge in [-0.3, -0.25) is 0 Å². The lowest BCUT2D eigenvalue weighted by atomic mass is 9.77. The lowest BCUT2D eigenvalue weighted by Crippen LogP contribution is -2.25. The predicted octanol–water partition coefficient (Wildman–Crippen LogP) is 3.46. The molecule has 1 aliphatic rings. The average molecular weight is 289 g/mol. The second kappa shape index (κ2) is 6.36. The number of methoxy groups -OCH3 is 2. The lowest BCUT2D eigenvalue weighted by Gasteiger charge is -2.29. The van der Waals surface area contributed by atoms with Crippen molar-refractivity contribution in [1.82, 2.24) is 0 Å². The highest BCUT2D eigenvalue weighted by molar-refractivity contribution is 5.48. The molecule has 3 unspecified atom stereocenters. The van der Waals surface area contributed by atoms with Gasteiger partial charge in [-0.05, 0) is 31.2 Å². The summed E-state index contributed by atoms with van der Waals surface area (Å²) in [4.78, 5) is 0. The number of nitriles is 1. The van der Waals surface area contributed by atoms with E-state index in [0.29, 0.717) is 23.0 Å². The lowest BCUT2D eigenvalue weighted by molar-refractivity contribution is 0.0615. The van der Waals surface area contributed by atoms with Crippen molar-refractivity contribution in [2.24, 2.45) is 11.3 Å². The molecule has 1 aromatic rings. The van der Waals surface area contributed by atoms with Gasteiger partial charge < -0.3 is 14.6 Å². The van der Waals surface area contributed by atoms with Crippen molar-refractivity contribution < 1.29 is 14.6 Å². The van der Waals surface area contributed by atoms with Gasteiger partial charge in [-0.1, -0.05) is 25.5 Å². The van der Waals surface area contributed by atoms with Crippen LogP contribution in [-0.4, -0.2) is 19.3 Å². The normalized spacial score (nSPS) is 26.1. The first kappa shape index (κ1) is 15.7. The van der Waals surface area contributed by atoms with Gasteiger partial charge >= 0.3 is 0 Å². The fourth-order valence-electron chi connectivity index (χ4n) is 3.37. The fraction of sp³-hybridized carbons (Fsp3) is 0.588. The van der Waals surface area contributed by atoms with Crippen LogP contribution in [0, 0.1) is 22.7 Å². The largest absolute Gasteiger partial charge is 0.493 e. The molecule has 4 heteroatoms. The zero-order chi connectivity index (χ0) is 15.5. The highest BCUT2D eigenvalue weighted by atomic mass is 16.5. The standard InChI is InChI=1S/C17H23NO3/c1-4-12-8-9-17(10-12,11-18)16(19)13-6-5-7-14(20-2)15(13)21-3/h5-7,12,16,19H,4,8-10H2,1-3H3. The first-order valence-electron chi connectivity index (χ1n) is 7.42. The number of benzene rings is 1. The summed E-state index contributed by atoms with van der Waals surface area (Å²) in [5.41, 5.74) is -0.0875.